The van der Waals surface area contributed by atoms with Crippen LogP contribution in [0.3, 0.4) is 0 Å². The maximum Gasteiger partial charge on any atom is 0.282 e. The van der Waals surface area contributed by atoms with Crippen molar-refractivity contribution in [2.45, 2.75) is 13.0 Å². The maximum absolute atomic E-state index is 13.0. The van der Waals surface area contributed by atoms with E-state index < -0.39 is 5.91 Å². The van der Waals surface area contributed by atoms with Crippen LogP contribution in [0.15, 0.2) is 35.7 Å². The van der Waals surface area contributed by atoms with Crippen molar-refractivity contribution in [3.05, 3.63) is 47.1 Å². The summed E-state index contributed by atoms with van der Waals surface area (Å²) < 4.78 is 13.0. The van der Waals surface area contributed by atoms with Gasteiger partial charge in [0.1, 0.15) is 10.8 Å². The minimum absolute atomic E-state index is 0.125. The van der Waals surface area contributed by atoms with E-state index in [1.165, 1.54) is 28.4 Å². The van der Waals surface area contributed by atoms with Gasteiger partial charge in [-0.25, -0.2) is 4.39 Å². The van der Waals surface area contributed by atoms with Crippen molar-refractivity contribution in [2.75, 3.05) is 36.4 Å². The number of quaternary nitrogens is 1. The normalized spacial score (nSPS) is 16.3. The van der Waals surface area contributed by atoms with E-state index >= 15 is 0 Å². The highest BCUT2D eigenvalue weighted by Crippen LogP contribution is 2.22. The van der Waals surface area contributed by atoms with Gasteiger partial charge in [-0.05, 0) is 42.6 Å². The molecular weight excluding hydrogens is 355 g/mol. The summed E-state index contributed by atoms with van der Waals surface area (Å²) >= 11 is 1.29. The molecule has 1 aliphatic rings. The number of amides is 2. The molecule has 0 saturated carbocycles. The summed E-state index contributed by atoms with van der Waals surface area (Å²) in [5.74, 6) is -0.915. The molecule has 1 atom stereocenters. The zero-order valence-electron chi connectivity index (χ0n) is 14.5. The molecule has 1 saturated heterocycles. The zero-order valence-corrected chi connectivity index (χ0v) is 15.3. The third-order valence-corrected chi connectivity index (χ3v) is 5.60. The van der Waals surface area contributed by atoms with Gasteiger partial charge >= 0.3 is 0 Å². The molecule has 2 amide bonds. The van der Waals surface area contributed by atoms with Crippen molar-refractivity contribution < 1.29 is 18.9 Å². The van der Waals surface area contributed by atoms with Gasteiger partial charge in [-0.2, -0.15) is 0 Å². The first-order chi connectivity index (χ1) is 12.5. The molecule has 0 aliphatic carbocycles. The molecule has 1 aliphatic heterocycles. The van der Waals surface area contributed by atoms with Crippen molar-refractivity contribution >= 4 is 33.8 Å². The van der Waals surface area contributed by atoms with Gasteiger partial charge in [0.2, 0.25) is 0 Å². The minimum atomic E-state index is -0.547. The average Bonchev–Trinajstić information content (AvgIpc) is 3.10. The van der Waals surface area contributed by atoms with Crippen molar-refractivity contribution in [3.8, 4) is 0 Å². The Kier molecular flexibility index (Phi) is 5.53. The molecule has 1 aromatic heterocycles. The number of carbonyl (C=O) groups excluding carboxylic acids is 2. The fourth-order valence-corrected chi connectivity index (χ4v) is 3.94. The lowest BCUT2D eigenvalue weighted by molar-refractivity contribution is -0.914. The second kappa shape index (κ2) is 7.84. The van der Waals surface area contributed by atoms with Crippen molar-refractivity contribution in [3.63, 3.8) is 0 Å². The van der Waals surface area contributed by atoms with E-state index in [2.05, 4.69) is 10.2 Å². The Morgan fingerprint density at radius 3 is 2.50 bits per heavy atom. The highest BCUT2D eigenvalue weighted by atomic mass is 32.1. The van der Waals surface area contributed by atoms with E-state index in [0.29, 0.717) is 10.6 Å². The number of nitrogens with zero attached hydrogens (tertiary/aromatic N) is 1. The van der Waals surface area contributed by atoms with Gasteiger partial charge in [0, 0.05) is 5.69 Å². The minimum Gasteiger partial charge on any atom is -0.366 e. The lowest BCUT2D eigenvalue weighted by Gasteiger charge is -2.36. The summed E-state index contributed by atoms with van der Waals surface area (Å²) in [6.07, 6.45) is 0. The van der Waals surface area contributed by atoms with E-state index in [0.717, 1.165) is 31.9 Å². The lowest BCUT2D eigenvalue weighted by atomic mass is 10.2. The predicted molar refractivity (Wildman–Crippen MR) is 100 cm³/mol. The summed E-state index contributed by atoms with van der Waals surface area (Å²) in [7, 11) is 0. The first-order valence-corrected chi connectivity index (χ1v) is 9.37. The molecule has 1 fully saturated rings. The summed E-state index contributed by atoms with van der Waals surface area (Å²) in [6.45, 7) is 5.09. The lowest BCUT2D eigenvalue weighted by Crippen LogP contribution is -3.19. The number of thiophene rings is 1. The first kappa shape index (κ1) is 18.3. The van der Waals surface area contributed by atoms with Crippen LogP contribution in [0.5, 0.6) is 0 Å². The first-order valence-electron chi connectivity index (χ1n) is 8.49. The van der Waals surface area contributed by atoms with Crippen molar-refractivity contribution in [1.29, 1.82) is 0 Å². The van der Waals surface area contributed by atoms with E-state index in [4.69, 9.17) is 5.73 Å². The molecule has 2 aromatic rings. The van der Waals surface area contributed by atoms with Crippen LogP contribution in [0, 0.1) is 5.82 Å². The molecule has 4 N–H and O–H groups in total. The summed E-state index contributed by atoms with van der Waals surface area (Å²) in [5.41, 5.74) is 6.65. The highest BCUT2D eigenvalue weighted by molar-refractivity contribution is 7.14. The Bertz CT molecular complexity index is 785. The topological polar surface area (TPSA) is 79.9 Å². The number of benzene rings is 1. The molecule has 0 radical (unpaired) electrons. The molecule has 0 bridgehead atoms. The Morgan fingerprint density at radius 2 is 1.88 bits per heavy atom. The SMILES string of the molecule is C[C@@H](C(=O)Nc1sccc1C(N)=O)[NH+]1CCN(c2ccc(F)cc2)CC1. The molecule has 138 valence electrons. The Balaban J connectivity index is 1.56. The molecular formula is C18H22FN4O2S+. The molecule has 3 rings (SSSR count). The standard InChI is InChI=1S/C18H21FN4O2S/c1-12(17(25)21-18-15(16(20)24)6-11-26-18)22-7-9-23(10-8-22)14-4-2-13(19)3-5-14/h2-6,11-12H,7-10H2,1H3,(H2,20,24)(H,21,25)/p+1/t12-/m0/s1. The summed E-state index contributed by atoms with van der Waals surface area (Å²) in [6, 6.07) is 7.84. The molecule has 8 heteroatoms. The number of hydrogen-bond acceptors (Lipinski definition) is 4. The van der Waals surface area contributed by atoms with Crippen LogP contribution in [0.25, 0.3) is 0 Å². The third kappa shape index (κ3) is 4.03. The van der Waals surface area contributed by atoms with Gasteiger partial charge in [-0.3, -0.25) is 9.59 Å². The fraction of sp³-hybridized carbons (Fsp3) is 0.333. The molecule has 2 heterocycles. The number of piperazine rings is 1. The average molecular weight is 377 g/mol. The van der Waals surface area contributed by atoms with Crippen LogP contribution in [-0.2, 0) is 4.79 Å². The predicted octanol–water partition coefficient (Wildman–Crippen LogP) is 0.718. The van der Waals surface area contributed by atoms with Gasteiger partial charge in [0.25, 0.3) is 11.8 Å². The monoisotopic (exact) mass is 377 g/mol. The van der Waals surface area contributed by atoms with Crippen molar-refractivity contribution in [2.24, 2.45) is 5.73 Å². The number of rotatable bonds is 5. The smallest absolute Gasteiger partial charge is 0.282 e. The van der Waals surface area contributed by atoms with Crippen LogP contribution in [0.4, 0.5) is 15.1 Å². The highest BCUT2D eigenvalue weighted by Gasteiger charge is 2.30. The van der Waals surface area contributed by atoms with Gasteiger partial charge in [0.15, 0.2) is 6.04 Å². The van der Waals surface area contributed by atoms with E-state index in [1.54, 1.807) is 23.6 Å². The molecule has 6 nitrogen and oxygen atoms in total. The number of anilines is 2. The van der Waals surface area contributed by atoms with Crippen LogP contribution in [0.2, 0.25) is 0 Å². The third-order valence-electron chi connectivity index (χ3n) is 4.77. The number of hydrogen-bond donors (Lipinski definition) is 3. The fourth-order valence-electron chi connectivity index (χ4n) is 3.14. The quantitative estimate of drug-likeness (QED) is 0.718. The van der Waals surface area contributed by atoms with Gasteiger partial charge in [-0.15, -0.1) is 11.3 Å². The van der Waals surface area contributed by atoms with E-state index in [9.17, 15) is 14.0 Å². The molecule has 0 spiro atoms. The van der Waals surface area contributed by atoms with Crippen LogP contribution in [-0.4, -0.2) is 44.0 Å². The Labute approximate surface area is 155 Å². The zero-order chi connectivity index (χ0) is 18.7. The molecule has 1 aromatic carbocycles. The Morgan fingerprint density at radius 1 is 1.23 bits per heavy atom. The summed E-state index contributed by atoms with van der Waals surface area (Å²) in [4.78, 5) is 27.3. The van der Waals surface area contributed by atoms with Crippen LogP contribution < -0.4 is 20.9 Å². The largest absolute Gasteiger partial charge is 0.366 e. The second-order valence-electron chi connectivity index (χ2n) is 6.36. The van der Waals surface area contributed by atoms with Gasteiger partial charge in [-0.1, -0.05) is 0 Å². The van der Waals surface area contributed by atoms with Crippen LogP contribution in [0.1, 0.15) is 17.3 Å². The van der Waals surface area contributed by atoms with Crippen molar-refractivity contribution in [1.82, 2.24) is 0 Å². The Hall–Kier alpha value is -2.45. The van der Waals surface area contributed by atoms with Crippen LogP contribution >= 0.6 is 11.3 Å². The number of nitrogens with two attached hydrogens (primary N) is 1. The number of primary amides is 1. The number of carbonyl (C=O) groups is 2. The maximum atomic E-state index is 13.0. The van der Waals surface area contributed by atoms with Gasteiger partial charge < -0.3 is 20.9 Å². The van der Waals surface area contributed by atoms with Gasteiger partial charge in [0.05, 0.1) is 31.7 Å². The molecule has 0 unspecified atom stereocenters. The summed E-state index contributed by atoms with van der Waals surface area (Å²) in [5, 5.41) is 5.05. The number of halogens is 1. The molecule has 26 heavy (non-hydrogen) atoms. The van der Waals surface area contributed by atoms with E-state index in [1.807, 2.05) is 6.92 Å². The number of nitrogens with one attached hydrogen (secondary N) is 2. The second-order valence-corrected chi connectivity index (χ2v) is 7.28. The van der Waals surface area contributed by atoms with E-state index in [-0.39, 0.29) is 17.8 Å².